The molecule has 2 amide bonds. The van der Waals surface area contributed by atoms with E-state index in [-0.39, 0.29) is 11.9 Å². The third-order valence-electron chi connectivity index (χ3n) is 3.87. The Bertz CT molecular complexity index is 568. The highest BCUT2D eigenvalue weighted by atomic mass is 16.6. The van der Waals surface area contributed by atoms with Gasteiger partial charge in [-0.2, -0.15) is 0 Å². The highest BCUT2D eigenvalue weighted by Crippen LogP contribution is 2.11. The smallest absolute Gasteiger partial charge is 0.407 e. The maximum Gasteiger partial charge on any atom is 0.407 e. The average Bonchev–Trinajstić information content (AvgIpc) is 2.55. The van der Waals surface area contributed by atoms with Crippen LogP contribution in [0.1, 0.15) is 45.6 Å². The minimum absolute atomic E-state index is 0.0119. The minimum atomic E-state index is -0.550. The fourth-order valence-corrected chi connectivity index (χ4v) is 2.61. The van der Waals surface area contributed by atoms with Crippen LogP contribution < -0.4 is 10.6 Å². The number of carbonyl (C=O) groups excluding carboxylic acids is 2. The van der Waals surface area contributed by atoms with Crippen LogP contribution in [-0.4, -0.2) is 55.7 Å². The van der Waals surface area contributed by atoms with Crippen molar-refractivity contribution in [2.45, 2.75) is 58.1 Å². The van der Waals surface area contributed by atoms with Gasteiger partial charge in [-0.3, -0.25) is 4.79 Å². The van der Waals surface area contributed by atoms with Gasteiger partial charge in [0.1, 0.15) is 5.60 Å². The molecule has 1 aromatic carbocycles. The SMILES string of the molecule is CN(C)CCCNC(=O)CC[C@@H](Cc1ccccc1)NC(=O)OC(C)(C)C. The van der Waals surface area contributed by atoms with E-state index in [0.717, 1.165) is 18.5 Å². The van der Waals surface area contributed by atoms with Crippen LogP contribution in [0.15, 0.2) is 30.3 Å². The van der Waals surface area contributed by atoms with Gasteiger partial charge in [-0.05, 0) is 66.2 Å². The molecule has 1 aromatic rings. The zero-order valence-electron chi connectivity index (χ0n) is 17.4. The summed E-state index contributed by atoms with van der Waals surface area (Å²) in [5, 5.41) is 5.85. The summed E-state index contributed by atoms with van der Waals surface area (Å²) in [5.74, 6) is 0.0119. The van der Waals surface area contributed by atoms with E-state index in [9.17, 15) is 9.59 Å². The highest BCUT2D eigenvalue weighted by Gasteiger charge is 2.20. The van der Waals surface area contributed by atoms with Gasteiger partial charge in [-0.1, -0.05) is 30.3 Å². The van der Waals surface area contributed by atoms with Crippen LogP contribution in [-0.2, 0) is 16.0 Å². The van der Waals surface area contributed by atoms with Gasteiger partial charge < -0.3 is 20.3 Å². The third kappa shape index (κ3) is 12.0. The average molecular weight is 378 g/mol. The molecule has 0 bridgehead atoms. The lowest BCUT2D eigenvalue weighted by Crippen LogP contribution is -2.41. The number of amides is 2. The predicted molar refractivity (Wildman–Crippen MR) is 109 cm³/mol. The van der Waals surface area contributed by atoms with Gasteiger partial charge in [0, 0.05) is 19.0 Å². The van der Waals surface area contributed by atoms with Gasteiger partial charge in [0.25, 0.3) is 0 Å². The van der Waals surface area contributed by atoms with Crippen LogP contribution in [0, 0.1) is 0 Å². The molecule has 6 heteroatoms. The molecular formula is C21H35N3O3. The monoisotopic (exact) mass is 377 g/mol. The van der Waals surface area contributed by atoms with E-state index < -0.39 is 11.7 Å². The Morgan fingerprint density at radius 1 is 1.15 bits per heavy atom. The van der Waals surface area contributed by atoms with Gasteiger partial charge in [-0.15, -0.1) is 0 Å². The summed E-state index contributed by atoms with van der Waals surface area (Å²) in [6, 6.07) is 9.78. The Morgan fingerprint density at radius 2 is 1.81 bits per heavy atom. The predicted octanol–water partition coefficient (Wildman–Crippen LogP) is 2.97. The van der Waals surface area contributed by atoms with E-state index in [1.54, 1.807) is 0 Å². The molecule has 0 aliphatic heterocycles. The van der Waals surface area contributed by atoms with Crippen LogP contribution in [0.5, 0.6) is 0 Å². The summed E-state index contributed by atoms with van der Waals surface area (Å²) in [5.41, 5.74) is 0.565. The number of hydrogen-bond donors (Lipinski definition) is 2. The van der Waals surface area contributed by atoms with Crippen molar-refractivity contribution in [1.82, 2.24) is 15.5 Å². The number of rotatable bonds is 10. The van der Waals surface area contributed by atoms with Gasteiger partial charge in [-0.25, -0.2) is 4.79 Å². The lowest BCUT2D eigenvalue weighted by molar-refractivity contribution is -0.121. The van der Waals surface area contributed by atoms with E-state index in [0.29, 0.717) is 25.8 Å². The fraction of sp³-hybridized carbons (Fsp3) is 0.619. The molecule has 0 unspecified atom stereocenters. The minimum Gasteiger partial charge on any atom is -0.444 e. The van der Waals surface area contributed by atoms with E-state index in [1.165, 1.54) is 0 Å². The molecule has 0 saturated heterocycles. The second kappa shape index (κ2) is 11.6. The molecule has 0 fully saturated rings. The molecule has 0 spiro atoms. The number of nitrogens with one attached hydrogen (secondary N) is 2. The molecule has 1 rings (SSSR count). The zero-order valence-corrected chi connectivity index (χ0v) is 17.4. The normalized spacial score (nSPS) is 12.5. The number of hydrogen-bond acceptors (Lipinski definition) is 4. The molecule has 0 aliphatic carbocycles. The van der Waals surface area contributed by atoms with Crippen LogP contribution in [0.3, 0.4) is 0 Å². The molecule has 0 aliphatic rings. The first-order valence-electron chi connectivity index (χ1n) is 9.60. The zero-order chi connectivity index (χ0) is 20.3. The Kier molecular flexibility index (Phi) is 9.86. The van der Waals surface area contributed by atoms with Crippen molar-refractivity contribution in [2.24, 2.45) is 0 Å². The molecule has 152 valence electrons. The van der Waals surface area contributed by atoms with Crippen molar-refractivity contribution >= 4 is 12.0 Å². The number of alkyl carbamates (subject to hydrolysis) is 1. The lowest BCUT2D eigenvalue weighted by atomic mass is 10.0. The largest absolute Gasteiger partial charge is 0.444 e. The molecule has 0 radical (unpaired) electrons. The van der Waals surface area contributed by atoms with Crippen molar-refractivity contribution in [3.05, 3.63) is 35.9 Å². The molecule has 0 saturated carbocycles. The van der Waals surface area contributed by atoms with Crippen LogP contribution >= 0.6 is 0 Å². The summed E-state index contributed by atoms with van der Waals surface area (Å²) < 4.78 is 5.36. The number of nitrogens with zero attached hydrogens (tertiary/aromatic N) is 1. The summed E-state index contributed by atoms with van der Waals surface area (Å²) >= 11 is 0. The topological polar surface area (TPSA) is 70.7 Å². The van der Waals surface area contributed by atoms with E-state index in [4.69, 9.17) is 4.74 Å². The quantitative estimate of drug-likeness (QED) is 0.615. The van der Waals surface area contributed by atoms with Gasteiger partial charge in [0.2, 0.25) is 5.91 Å². The Hall–Kier alpha value is -2.08. The summed E-state index contributed by atoms with van der Waals surface area (Å²) in [4.78, 5) is 26.3. The van der Waals surface area contributed by atoms with Crippen molar-refractivity contribution in [3.8, 4) is 0 Å². The Labute approximate surface area is 163 Å². The number of benzene rings is 1. The summed E-state index contributed by atoms with van der Waals surface area (Å²) in [6.07, 6.45) is 2.06. The van der Waals surface area contributed by atoms with Crippen molar-refractivity contribution in [1.29, 1.82) is 0 Å². The summed E-state index contributed by atoms with van der Waals surface area (Å²) in [7, 11) is 4.02. The van der Waals surface area contributed by atoms with Crippen LogP contribution in [0.2, 0.25) is 0 Å². The molecule has 2 N–H and O–H groups in total. The maximum absolute atomic E-state index is 12.1. The van der Waals surface area contributed by atoms with Crippen molar-refractivity contribution in [2.75, 3.05) is 27.2 Å². The van der Waals surface area contributed by atoms with Gasteiger partial charge in [0.15, 0.2) is 0 Å². The first-order chi connectivity index (χ1) is 12.7. The lowest BCUT2D eigenvalue weighted by Gasteiger charge is -2.24. The van der Waals surface area contributed by atoms with Gasteiger partial charge >= 0.3 is 6.09 Å². The standard InChI is InChI=1S/C21H35N3O3/c1-21(2,3)27-20(26)23-18(16-17-10-7-6-8-11-17)12-13-19(25)22-14-9-15-24(4)5/h6-8,10-11,18H,9,12-16H2,1-5H3,(H,22,25)(H,23,26)/t18-/m0/s1. The Balaban J connectivity index is 2.52. The van der Waals surface area contributed by atoms with Crippen molar-refractivity contribution < 1.29 is 14.3 Å². The van der Waals surface area contributed by atoms with Gasteiger partial charge in [0.05, 0.1) is 0 Å². The fourth-order valence-electron chi connectivity index (χ4n) is 2.61. The maximum atomic E-state index is 12.1. The molecule has 0 heterocycles. The van der Waals surface area contributed by atoms with E-state index >= 15 is 0 Å². The molecule has 27 heavy (non-hydrogen) atoms. The van der Waals surface area contributed by atoms with Crippen molar-refractivity contribution in [3.63, 3.8) is 0 Å². The summed E-state index contributed by atoms with van der Waals surface area (Å²) in [6.45, 7) is 7.11. The van der Waals surface area contributed by atoms with E-state index in [1.807, 2.05) is 65.2 Å². The third-order valence-corrected chi connectivity index (χ3v) is 3.87. The number of ether oxygens (including phenoxy) is 1. The van der Waals surface area contributed by atoms with Crippen LogP contribution in [0.25, 0.3) is 0 Å². The highest BCUT2D eigenvalue weighted by molar-refractivity contribution is 5.76. The first kappa shape index (κ1) is 23.0. The molecule has 0 aromatic heterocycles. The second-order valence-electron chi connectivity index (χ2n) is 8.08. The Morgan fingerprint density at radius 3 is 2.41 bits per heavy atom. The number of carbonyl (C=O) groups is 2. The second-order valence-corrected chi connectivity index (χ2v) is 8.08. The molecule has 1 atom stereocenters. The van der Waals surface area contributed by atoms with Crippen LogP contribution in [0.4, 0.5) is 4.79 Å². The molecule has 6 nitrogen and oxygen atoms in total. The molecular weight excluding hydrogens is 342 g/mol. The first-order valence-corrected chi connectivity index (χ1v) is 9.60. The van der Waals surface area contributed by atoms with E-state index in [2.05, 4.69) is 15.5 Å².